The highest BCUT2D eigenvalue weighted by Gasteiger charge is 2.21. The molecule has 0 fully saturated rings. The van der Waals surface area contributed by atoms with E-state index in [0.29, 0.717) is 17.3 Å². The third-order valence-corrected chi connectivity index (χ3v) is 4.26. The first kappa shape index (κ1) is 13.8. The molecule has 0 spiro atoms. The van der Waals surface area contributed by atoms with Gasteiger partial charge in [-0.25, -0.2) is 14.6 Å². The van der Waals surface area contributed by atoms with Crippen LogP contribution < -0.4 is 11.1 Å². The van der Waals surface area contributed by atoms with E-state index in [2.05, 4.69) is 44.6 Å². The van der Waals surface area contributed by atoms with E-state index >= 15 is 0 Å². The van der Waals surface area contributed by atoms with Gasteiger partial charge in [-0.2, -0.15) is 5.10 Å². The molecule has 3 aromatic rings. The van der Waals surface area contributed by atoms with Crippen LogP contribution in [-0.2, 0) is 6.42 Å². The Morgan fingerprint density at radius 2 is 2.09 bits per heavy atom. The molecule has 116 valence electrons. The maximum absolute atomic E-state index is 6.26. The van der Waals surface area contributed by atoms with Gasteiger partial charge in [0, 0.05) is 12.4 Å². The van der Waals surface area contributed by atoms with Crippen molar-refractivity contribution in [3.8, 4) is 5.82 Å². The first-order chi connectivity index (χ1) is 11.3. The molecule has 2 aromatic heterocycles. The summed E-state index contributed by atoms with van der Waals surface area (Å²) in [5.41, 5.74) is 9.51. The van der Waals surface area contributed by atoms with Crippen LogP contribution in [0.5, 0.6) is 0 Å². The minimum Gasteiger partial charge on any atom is -0.393 e. The molecule has 1 unspecified atom stereocenters. The van der Waals surface area contributed by atoms with Crippen LogP contribution in [-0.4, -0.2) is 19.7 Å². The summed E-state index contributed by atoms with van der Waals surface area (Å²) in [7, 11) is 0. The third-order valence-electron chi connectivity index (χ3n) is 4.26. The van der Waals surface area contributed by atoms with Gasteiger partial charge in [0.25, 0.3) is 0 Å². The second-order valence-electron chi connectivity index (χ2n) is 5.70. The number of hydrogen-bond acceptors (Lipinski definition) is 5. The average Bonchev–Trinajstić information content (AvgIpc) is 3.11. The Morgan fingerprint density at radius 3 is 2.96 bits per heavy atom. The number of anilines is 2. The molecule has 6 heteroatoms. The summed E-state index contributed by atoms with van der Waals surface area (Å²) >= 11 is 0. The van der Waals surface area contributed by atoms with Crippen LogP contribution in [0.3, 0.4) is 0 Å². The first-order valence-electron chi connectivity index (χ1n) is 7.78. The average molecular weight is 306 g/mol. The van der Waals surface area contributed by atoms with Crippen LogP contribution in [0.2, 0.25) is 0 Å². The number of nitrogen functional groups attached to an aromatic ring is 1. The second kappa shape index (κ2) is 5.72. The van der Waals surface area contributed by atoms with Gasteiger partial charge in [0.1, 0.15) is 12.0 Å². The number of aromatic nitrogens is 4. The van der Waals surface area contributed by atoms with Gasteiger partial charge in [-0.3, -0.25) is 0 Å². The lowest BCUT2D eigenvalue weighted by Crippen LogP contribution is -2.19. The summed E-state index contributed by atoms with van der Waals surface area (Å²) in [6, 6.07) is 10.6. The molecule has 0 amide bonds. The number of hydrogen-bond donors (Lipinski definition) is 2. The molecule has 0 saturated carbocycles. The van der Waals surface area contributed by atoms with Crippen LogP contribution in [0.25, 0.3) is 5.82 Å². The fourth-order valence-corrected chi connectivity index (χ4v) is 3.15. The van der Waals surface area contributed by atoms with Crippen molar-refractivity contribution >= 4 is 11.5 Å². The van der Waals surface area contributed by atoms with Crippen molar-refractivity contribution in [3.63, 3.8) is 0 Å². The number of benzene rings is 1. The Morgan fingerprint density at radius 1 is 1.17 bits per heavy atom. The van der Waals surface area contributed by atoms with Crippen LogP contribution in [0.4, 0.5) is 11.5 Å². The van der Waals surface area contributed by atoms with Crippen molar-refractivity contribution in [1.82, 2.24) is 19.7 Å². The molecular weight excluding hydrogens is 288 g/mol. The Bertz CT molecular complexity index is 812. The van der Waals surface area contributed by atoms with Crippen molar-refractivity contribution in [3.05, 3.63) is 60.2 Å². The van der Waals surface area contributed by atoms with E-state index in [9.17, 15) is 0 Å². The molecule has 0 bridgehead atoms. The van der Waals surface area contributed by atoms with Crippen LogP contribution in [0, 0.1) is 0 Å². The van der Waals surface area contributed by atoms with Gasteiger partial charge in [-0.15, -0.1) is 0 Å². The van der Waals surface area contributed by atoms with Gasteiger partial charge in [0.2, 0.25) is 0 Å². The lowest BCUT2D eigenvalue weighted by molar-refractivity contribution is 0.598. The monoisotopic (exact) mass is 306 g/mol. The molecule has 1 aromatic carbocycles. The zero-order chi connectivity index (χ0) is 15.6. The highest BCUT2D eigenvalue weighted by molar-refractivity contribution is 5.69. The molecular formula is C17H18N6. The minimum absolute atomic E-state index is 0.225. The quantitative estimate of drug-likeness (QED) is 0.777. The fraction of sp³-hybridized carbons (Fsp3) is 0.235. The standard InChI is InChI=1S/C17H18N6/c18-15-16(19-11-20-17(15)23-10-4-9-21-23)22-14-8-3-6-12-5-1-2-7-13(12)14/h1-2,4-5,7,9-11,14H,3,6,8,18H2,(H,19,20,22). The minimum atomic E-state index is 0.225. The highest BCUT2D eigenvalue weighted by Crippen LogP contribution is 2.33. The topological polar surface area (TPSA) is 81.6 Å². The summed E-state index contributed by atoms with van der Waals surface area (Å²) in [4.78, 5) is 8.57. The molecule has 2 heterocycles. The number of rotatable bonds is 3. The molecule has 0 radical (unpaired) electrons. The van der Waals surface area contributed by atoms with Crippen LogP contribution in [0.1, 0.15) is 30.0 Å². The zero-order valence-corrected chi connectivity index (χ0v) is 12.7. The summed E-state index contributed by atoms with van der Waals surface area (Å²) in [5.74, 6) is 1.25. The third kappa shape index (κ3) is 2.52. The summed E-state index contributed by atoms with van der Waals surface area (Å²) < 4.78 is 1.65. The Hall–Kier alpha value is -2.89. The molecule has 1 atom stereocenters. The van der Waals surface area contributed by atoms with Crippen molar-refractivity contribution in [2.24, 2.45) is 0 Å². The second-order valence-corrected chi connectivity index (χ2v) is 5.70. The first-order valence-corrected chi connectivity index (χ1v) is 7.78. The molecule has 4 rings (SSSR count). The predicted molar refractivity (Wildman–Crippen MR) is 89.3 cm³/mol. The normalized spacial score (nSPS) is 16.8. The Balaban J connectivity index is 1.67. The number of aryl methyl sites for hydroxylation is 1. The zero-order valence-electron chi connectivity index (χ0n) is 12.7. The number of fused-ring (bicyclic) bond motifs is 1. The highest BCUT2D eigenvalue weighted by atomic mass is 15.3. The summed E-state index contributed by atoms with van der Waals surface area (Å²) in [6.45, 7) is 0. The van der Waals surface area contributed by atoms with Crippen LogP contribution in [0.15, 0.2) is 49.1 Å². The van der Waals surface area contributed by atoms with Gasteiger partial charge in [0.15, 0.2) is 11.6 Å². The number of nitrogens with one attached hydrogen (secondary N) is 1. The van der Waals surface area contributed by atoms with Gasteiger partial charge in [-0.05, 0) is 36.5 Å². The number of nitrogens with two attached hydrogens (primary N) is 1. The lowest BCUT2D eigenvalue weighted by Gasteiger charge is -2.27. The van der Waals surface area contributed by atoms with Crippen molar-refractivity contribution in [2.75, 3.05) is 11.1 Å². The van der Waals surface area contributed by atoms with Gasteiger partial charge in [-0.1, -0.05) is 24.3 Å². The molecule has 0 aliphatic heterocycles. The summed E-state index contributed by atoms with van der Waals surface area (Å²) in [6.07, 6.45) is 8.39. The SMILES string of the molecule is Nc1c(NC2CCCc3ccccc32)ncnc1-n1cccn1. The molecule has 1 aliphatic rings. The molecule has 1 aliphatic carbocycles. The van der Waals surface area contributed by atoms with E-state index < -0.39 is 0 Å². The maximum atomic E-state index is 6.26. The largest absolute Gasteiger partial charge is 0.393 e. The Labute approximate surface area is 134 Å². The van der Waals surface area contributed by atoms with E-state index in [-0.39, 0.29) is 6.04 Å². The maximum Gasteiger partial charge on any atom is 0.181 e. The van der Waals surface area contributed by atoms with E-state index in [0.717, 1.165) is 19.3 Å². The predicted octanol–water partition coefficient (Wildman–Crippen LogP) is 2.73. The van der Waals surface area contributed by atoms with Crippen molar-refractivity contribution < 1.29 is 0 Å². The van der Waals surface area contributed by atoms with E-state index in [1.165, 1.54) is 17.5 Å². The Kier molecular flexibility index (Phi) is 3.42. The van der Waals surface area contributed by atoms with E-state index in [1.54, 1.807) is 10.9 Å². The van der Waals surface area contributed by atoms with Gasteiger partial charge >= 0.3 is 0 Å². The molecule has 23 heavy (non-hydrogen) atoms. The van der Waals surface area contributed by atoms with E-state index in [1.807, 2.05) is 12.3 Å². The van der Waals surface area contributed by atoms with Gasteiger partial charge in [0.05, 0.1) is 6.04 Å². The smallest absolute Gasteiger partial charge is 0.181 e. The summed E-state index contributed by atoms with van der Waals surface area (Å²) in [5, 5.41) is 7.68. The van der Waals surface area contributed by atoms with E-state index in [4.69, 9.17) is 5.73 Å². The molecule has 6 nitrogen and oxygen atoms in total. The molecule has 3 N–H and O–H groups in total. The molecule has 0 saturated heterocycles. The lowest BCUT2D eigenvalue weighted by atomic mass is 9.88. The fourth-order valence-electron chi connectivity index (χ4n) is 3.15. The van der Waals surface area contributed by atoms with Crippen molar-refractivity contribution in [2.45, 2.75) is 25.3 Å². The van der Waals surface area contributed by atoms with Gasteiger partial charge < -0.3 is 11.1 Å². The number of nitrogens with zero attached hydrogens (tertiary/aromatic N) is 4. The van der Waals surface area contributed by atoms with Crippen molar-refractivity contribution in [1.29, 1.82) is 0 Å². The van der Waals surface area contributed by atoms with Crippen LogP contribution >= 0.6 is 0 Å².